The molecule has 0 spiro atoms. The number of ether oxygens (including phenoxy) is 1. The zero-order valence-electron chi connectivity index (χ0n) is 13.8. The number of nitrogens with zero attached hydrogens (tertiary/aromatic N) is 2. The van der Waals surface area contributed by atoms with Crippen molar-refractivity contribution in [3.8, 4) is 11.5 Å². The fraction of sp³-hybridized carbons (Fsp3) is 0.167. The van der Waals surface area contributed by atoms with E-state index in [1.807, 2.05) is 0 Å². The fourth-order valence-electron chi connectivity index (χ4n) is 2.58. The molecule has 2 aromatic rings. The Morgan fingerprint density at radius 2 is 1.92 bits per heavy atom. The van der Waals surface area contributed by atoms with Crippen LogP contribution in [-0.4, -0.2) is 35.4 Å². The molecule has 1 unspecified atom stereocenters. The number of benzene rings is 2. The Morgan fingerprint density at radius 3 is 2.56 bits per heavy atom. The van der Waals surface area contributed by atoms with Crippen LogP contribution in [0.25, 0.3) is 0 Å². The van der Waals surface area contributed by atoms with Crippen LogP contribution in [0.4, 0.5) is 4.79 Å². The van der Waals surface area contributed by atoms with E-state index in [1.54, 1.807) is 50.4 Å². The molecule has 1 atom stereocenters. The molecular formula is C18H17N3O4. The highest BCUT2D eigenvalue weighted by molar-refractivity contribution is 6.07. The lowest BCUT2D eigenvalue weighted by Gasteiger charge is -2.21. The van der Waals surface area contributed by atoms with E-state index in [4.69, 9.17) is 4.74 Å². The van der Waals surface area contributed by atoms with Crippen LogP contribution in [0.5, 0.6) is 11.5 Å². The zero-order valence-corrected chi connectivity index (χ0v) is 13.8. The van der Waals surface area contributed by atoms with Gasteiger partial charge in [0.25, 0.3) is 5.91 Å². The number of urea groups is 1. The molecule has 2 N–H and O–H groups in total. The highest BCUT2D eigenvalue weighted by Crippen LogP contribution is 2.30. The first kappa shape index (κ1) is 16.5. The standard InChI is InChI=1S/C18H17N3O4/c1-18(13-6-8-15(25-2)9-7-13)16(23)21(17(24)20-18)19-11-12-4-3-5-14(22)10-12/h3-11,22H,1-2H3,(H,20,24). The number of amides is 3. The monoisotopic (exact) mass is 339 g/mol. The molecule has 0 bridgehead atoms. The van der Waals surface area contributed by atoms with E-state index in [1.165, 1.54) is 18.3 Å². The van der Waals surface area contributed by atoms with Gasteiger partial charge in [0, 0.05) is 0 Å². The Hall–Kier alpha value is -3.35. The minimum Gasteiger partial charge on any atom is -0.508 e. The maximum absolute atomic E-state index is 12.7. The van der Waals surface area contributed by atoms with Gasteiger partial charge in [0.15, 0.2) is 0 Å². The van der Waals surface area contributed by atoms with Crippen molar-refractivity contribution in [1.29, 1.82) is 0 Å². The molecule has 25 heavy (non-hydrogen) atoms. The fourth-order valence-corrected chi connectivity index (χ4v) is 2.58. The average Bonchev–Trinajstić information content (AvgIpc) is 2.83. The van der Waals surface area contributed by atoms with Gasteiger partial charge in [-0.15, -0.1) is 5.01 Å². The molecule has 7 nitrogen and oxygen atoms in total. The van der Waals surface area contributed by atoms with Crippen LogP contribution in [0.15, 0.2) is 53.6 Å². The number of hydrogen-bond donors (Lipinski definition) is 2. The van der Waals surface area contributed by atoms with Crippen LogP contribution in [-0.2, 0) is 10.3 Å². The number of carbonyl (C=O) groups excluding carboxylic acids is 2. The number of phenols is 1. The number of aromatic hydroxyl groups is 1. The van der Waals surface area contributed by atoms with Gasteiger partial charge in [0.05, 0.1) is 13.3 Å². The topological polar surface area (TPSA) is 91.2 Å². The lowest BCUT2D eigenvalue weighted by molar-refractivity contribution is -0.131. The largest absolute Gasteiger partial charge is 0.508 e. The molecule has 1 aliphatic heterocycles. The maximum atomic E-state index is 12.7. The van der Waals surface area contributed by atoms with Crippen molar-refractivity contribution in [1.82, 2.24) is 10.3 Å². The SMILES string of the molecule is COc1ccc(C2(C)NC(=O)N(N=Cc3cccc(O)c3)C2=O)cc1. The molecule has 1 saturated heterocycles. The van der Waals surface area contributed by atoms with E-state index in [-0.39, 0.29) is 5.75 Å². The zero-order chi connectivity index (χ0) is 18.0. The van der Waals surface area contributed by atoms with Gasteiger partial charge in [-0.3, -0.25) is 4.79 Å². The van der Waals surface area contributed by atoms with Gasteiger partial charge < -0.3 is 15.2 Å². The summed E-state index contributed by atoms with van der Waals surface area (Å²) in [5, 5.41) is 16.9. The average molecular weight is 339 g/mol. The molecule has 3 amide bonds. The van der Waals surface area contributed by atoms with E-state index in [2.05, 4.69) is 10.4 Å². The van der Waals surface area contributed by atoms with Crippen molar-refractivity contribution >= 4 is 18.2 Å². The summed E-state index contributed by atoms with van der Waals surface area (Å²) in [4.78, 5) is 24.9. The van der Waals surface area contributed by atoms with Gasteiger partial charge in [-0.1, -0.05) is 24.3 Å². The number of imide groups is 1. The second-order valence-electron chi connectivity index (χ2n) is 5.74. The molecular weight excluding hydrogens is 322 g/mol. The van der Waals surface area contributed by atoms with Crippen LogP contribution in [0.3, 0.4) is 0 Å². The van der Waals surface area contributed by atoms with Crippen molar-refractivity contribution in [2.24, 2.45) is 5.10 Å². The second-order valence-corrected chi connectivity index (χ2v) is 5.74. The summed E-state index contributed by atoms with van der Waals surface area (Å²) in [5.41, 5.74) is -0.0140. The third-order valence-electron chi connectivity index (χ3n) is 4.03. The molecule has 0 saturated carbocycles. The molecule has 1 fully saturated rings. The smallest absolute Gasteiger partial charge is 0.346 e. The molecule has 128 valence electrons. The van der Waals surface area contributed by atoms with Gasteiger partial charge >= 0.3 is 6.03 Å². The molecule has 0 aromatic heterocycles. The highest BCUT2D eigenvalue weighted by Gasteiger charge is 2.49. The first-order valence-corrected chi connectivity index (χ1v) is 7.58. The second kappa shape index (κ2) is 6.27. The Kier molecular flexibility index (Phi) is 4.14. The lowest BCUT2D eigenvalue weighted by atomic mass is 9.92. The first-order valence-electron chi connectivity index (χ1n) is 7.58. The number of methoxy groups -OCH3 is 1. The van der Waals surface area contributed by atoms with Crippen LogP contribution in [0, 0.1) is 0 Å². The predicted molar refractivity (Wildman–Crippen MR) is 91.4 cm³/mol. The number of nitrogens with one attached hydrogen (secondary N) is 1. The molecule has 3 rings (SSSR count). The van der Waals surface area contributed by atoms with Crippen molar-refractivity contribution in [2.45, 2.75) is 12.5 Å². The van der Waals surface area contributed by atoms with Gasteiger partial charge in [-0.25, -0.2) is 4.79 Å². The molecule has 2 aromatic carbocycles. The predicted octanol–water partition coefficient (Wildman–Crippen LogP) is 2.20. The van der Waals surface area contributed by atoms with Gasteiger partial charge in [-0.05, 0) is 42.3 Å². The van der Waals surface area contributed by atoms with Crippen LogP contribution >= 0.6 is 0 Å². The van der Waals surface area contributed by atoms with Crippen molar-refractivity contribution in [2.75, 3.05) is 7.11 Å². The molecule has 7 heteroatoms. The minimum atomic E-state index is -1.21. The Bertz CT molecular complexity index is 848. The maximum Gasteiger partial charge on any atom is 0.346 e. The molecule has 0 radical (unpaired) electrons. The number of hydrogen-bond acceptors (Lipinski definition) is 5. The number of carbonyl (C=O) groups is 2. The van der Waals surface area contributed by atoms with E-state index in [9.17, 15) is 14.7 Å². The number of rotatable bonds is 4. The summed E-state index contributed by atoms with van der Waals surface area (Å²) in [6.45, 7) is 1.62. The summed E-state index contributed by atoms with van der Waals surface area (Å²) in [7, 11) is 1.55. The Labute approximate surface area is 144 Å². The summed E-state index contributed by atoms with van der Waals surface area (Å²) >= 11 is 0. The Balaban J connectivity index is 1.86. The third-order valence-corrected chi connectivity index (χ3v) is 4.03. The lowest BCUT2D eigenvalue weighted by Crippen LogP contribution is -2.40. The van der Waals surface area contributed by atoms with E-state index in [0.29, 0.717) is 16.9 Å². The van der Waals surface area contributed by atoms with Gasteiger partial charge in [0.1, 0.15) is 17.0 Å². The Morgan fingerprint density at radius 1 is 1.20 bits per heavy atom. The first-order chi connectivity index (χ1) is 11.9. The van der Waals surface area contributed by atoms with Crippen molar-refractivity contribution in [3.05, 3.63) is 59.7 Å². The quantitative estimate of drug-likeness (QED) is 0.660. The summed E-state index contributed by atoms with van der Waals surface area (Å²) < 4.78 is 5.10. The number of hydrazone groups is 1. The van der Waals surface area contributed by atoms with E-state index >= 15 is 0 Å². The summed E-state index contributed by atoms with van der Waals surface area (Å²) in [6, 6.07) is 12.6. The molecule has 0 aliphatic carbocycles. The van der Waals surface area contributed by atoms with Crippen molar-refractivity contribution < 1.29 is 19.4 Å². The summed E-state index contributed by atoms with van der Waals surface area (Å²) in [5.74, 6) is 0.242. The third kappa shape index (κ3) is 3.03. The van der Waals surface area contributed by atoms with Gasteiger partial charge in [0.2, 0.25) is 0 Å². The number of phenolic OH excluding ortho intramolecular Hbond substituents is 1. The van der Waals surface area contributed by atoms with E-state index < -0.39 is 17.5 Å². The molecule has 1 heterocycles. The summed E-state index contributed by atoms with van der Waals surface area (Å²) in [6.07, 6.45) is 1.34. The van der Waals surface area contributed by atoms with Crippen LogP contribution in [0.1, 0.15) is 18.1 Å². The van der Waals surface area contributed by atoms with E-state index in [0.717, 1.165) is 5.01 Å². The van der Waals surface area contributed by atoms with Crippen molar-refractivity contribution in [3.63, 3.8) is 0 Å². The minimum absolute atomic E-state index is 0.0734. The molecule has 1 aliphatic rings. The normalized spacial score (nSPS) is 20.2. The van der Waals surface area contributed by atoms with Gasteiger partial charge in [-0.2, -0.15) is 5.10 Å². The highest BCUT2D eigenvalue weighted by atomic mass is 16.5. The van der Waals surface area contributed by atoms with Crippen LogP contribution < -0.4 is 10.1 Å². The van der Waals surface area contributed by atoms with Crippen LogP contribution in [0.2, 0.25) is 0 Å².